The minimum atomic E-state index is -0.603. The fraction of sp³-hybridized carbons (Fsp3) is 0.679. The van der Waals surface area contributed by atoms with Gasteiger partial charge in [-0.25, -0.2) is 9.59 Å². The van der Waals surface area contributed by atoms with Crippen LogP contribution in [0, 0.1) is 22.7 Å². The molecule has 36 heavy (non-hydrogen) atoms. The zero-order chi connectivity index (χ0) is 25.7. The number of carbonyl (C=O) groups excluding carboxylic acids is 3. The second kappa shape index (κ2) is 9.14. The first-order valence-electron chi connectivity index (χ1n) is 13.0. The Morgan fingerprint density at radius 3 is 2.42 bits per heavy atom. The molecule has 5 aliphatic rings. The fourth-order valence-electron chi connectivity index (χ4n) is 6.79. The van der Waals surface area contributed by atoms with E-state index in [2.05, 4.69) is 19.9 Å². The molecule has 2 saturated heterocycles. The molecule has 8 heteroatoms. The third kappa shape index (κ3) is 3.84. The molecule has 0 aromatic carbocycles. The van der Waals surface area contributed by atoms with Crippen molar-refractivity contribution in [3.8, 4) is 0 Å². The summed E-state index contributed by atoms with van der Waals surface area (Å²) in [4.78, 5) is 37.9. The van der Waals surface area contributed by atoms with Crippen molar-refractivity contribution >= 4 is 17.9 Å². The zero-order valence-corrected chi connectivity index (χ0v) is 21.5. The van der Waals surface area contributed by atoms with Gasteiger partial charge in [0.2, 0.25) is 0 Å². The van der Waals surface area contributed by atoms with Gasteiger partial charge < -0.3 is 23.7 Å². The van der Waals surface area contributed by atoms with E-state index >= 15 is 0 Å². The molecule has 3 fully saturated rings. The summed E-state index contributed by atoms with van der Waals surface area (Å²) < 4.78 is 30.1. The van der Waals surface area contributed by atoms with Crippen molar-refractivity contribution < 1.29 is 38.1 Å². The molecule has 3 heterocycles. The lowest BCUT2D eigenvalue weighted by Crippen LogP contribution is -2.66. The number of carbonyl (C=O) groups is 3. The number of esters is 3. The highest BCUT2D eigenvalue weighted by molar-refractivity contribution is 5.84. The highest BCUT2D eigenvalue weighted by Gasteiger charge is 2.83. The minimum absolute atomic E-state index is 0.0317. The second-order valence-corrected chi connectivity index (χ2v) is 11.3. The van der Waals surface area contributed by atoms with Crippen molar-refractivity contribution in [2.24, 2.45) is 22.7 Å². The molecular formula is C28H36O8. The average Bonchev–Trinajstić information content (AvgIpc) is 3.62. The molecule has 8 nitrogen and oxygen atoms in total. The Hall–Kier alpha value is -2.45. The third-order valence-electron chi connectivity index (χ3n) is 9.57. The maximum atomic E-state index is 13.2. The summed E-state index contributed by atoms with van der Waals surface area (Å²) in [6, 6.07) is 0. The Bertz CT molecular complexity index is 1020. The predicted octanol–water partition coefficient (Wildman–Crippen LogP) is 3.45. The molecule has 2 spiro atoms. The van der Waals surface area contributed by atoms with Crippen LogP contribution >= 0.6 is 0 Å². The molecule has 2 bridgehead atoms. The van der Waals surface area contributed by atoms with Crippen molar-refractivity contribution in [2.75, 3.05) is 19.8 Å². The van der Waals surface area contributed by atoms with E-state index in [1.54, 1.807) is 0 Å². The number of hydrogen-bond acceptors (Lipinski definition) is 8. The van der Waals surface area contributed by atoms with Gasteiger partial charge in [0.1, 0.15) is 18.3 Å². The van der Waals surface area contributed by atoms with Gasteiger partial charge in [-0.15, -0.1) is 0 Å². The van der Waals surface area contributed by atoms with Crippen molar-refractivity contribution in [1.82, 2.24) is 0 Å². The normalized spacial score (nSPS) is 46.8. The minimum Gasteiger partial charge on any atom is -0.465 e. The first-order chi connectivity index (χ1) is 17.1. The van der Waals surface area contributed by atoms with Crippen LogP contribution in [0.1, 0.15) is 53.4 Å². The lowest BCUT2D eigenvalue weighted by atomic mass is 9.51. The van der Waals surface area contributed by atoms with Crippen LogP contribution < -0.4 is 0 Å². The number of epoxide rings is 1. The predicted molar refractivity (Wildman–Crippen MR) is 129 cm³/mol. The molecule has 0 aromatic heterocycles. The monoisotopic (exact) mass is 500 g/mol. The first kappa shape index (κ1) is 25.2. The number of ether oxygens (including phenoxy) is 5. The van der Waals surface area contributed by atoms with Gasteiger partial charge >= 0.3 is 17.9 Å². The molecule has 0 aromatic rings. The van der Waals surface area contributed by atoms with Crippen molar-refractivity contribution in [1.29, 1.82) is 0 Å². The maximum Gasteiger partial charge on any atom is 0.331 e. The van der Waals surface area contributed by atoms with E-state index in [1.165, 1.54) is 29.9 Å². The lowest BCUT2D eigenvalue weighted by molar-refractivity contribution is -0.233. The van der Waals surface area contributed by atoms with Crippen LogP contribution in [0.25, 0.3) is 0 Å². The number of rotatable bonds is 0. The first-order valence-corrected chi connectivity index (χ1v) is 13.0. The van der Waals surface area contributed by atoms with E-state index in [9.17, 15) is 14.4 Å². The Balaban J connectivity index is 1.52. The van der Waals surface area contributed by atoms with Gasteiger partial charge in [-0.2, -0.15) is 0 Å². The van der Waals surface area contributed by atoms with Gasteiger partial charge in [-0.05, 0) is 32.1 Å². The Kier molecular flexibility index (Phi) is 6.40. The summed E-state index contributed by atoms with van der Waals surface area (Å²) >= 11 is 0. The highest BCUT2D eigenvalue weighted by Crippen LogP contribution is 2.72. The molecule has 0 amide bonds. The largest absolute Gasteiger partial charge is 0.465 e. The maximum absolute atomic E-state index is 13.2. The van der Waals surface area contributed by atoms with Crippen LogP contribution in [0.3, 0.4) is 0 Å². The second-order valence-electron chi connectivity index (χ2n) is 11.3. The van der Waals surface area contributed by atoms with E-state index < -0.39 is 34.5 Å². The zero-order valence-electron chi connectivity index (χ0n) is 21.5. The summed E-state index contributed by atoms with van der Waals surface area (Å²) in [5.41, 5.74) is -0.516. The summed E-state index contributed by atoms with van der Waals surface area (Å²) in [6.45, 7) is 8.91. The topological polar surface area (TPSA) is 101 Å². The number of cyclic esters (lactones) is 2. The van der Waals surface area contributed by atoms with Gasteiger partial charge in [0.25, 0.3) is 0 Å². The van der Waals surface area contributed by atoms with Gasteiger partial charge in [0.15, 0.2) is 0 Å². The molecule has 0 N–H and O–H groups in total. The molecule has 3 aliphatic heterocycles. The van der Waals surface area contributed by atoms with Gasteiger partial charge in [-0.3, -0.25) is 4.79 Å². The average molecular weight is 501 g/mol. The Morgan fingerprint density at radius 2 is 1.69 bits per heavy atom. The molecular weight excluding hydrogens is 464 g/mol. The van der Waals surface area contributed by atoms with Crippen LogP contribution in [0.15, 0.2) is 36.0 Å². The quantitative estimate of drug-likeness (QED) is 0.216. The smallest absolute Gasteiger partial charge is 0.331 e. The Morgan fingerprint density at radius 1 is 0.972 bits per heavy atom. The molecule has 2 aliphatic carbocycles. The standard InChI is InChI=1S/C28H36O8/c1-17-9-11-27-15-33-25(31)19(3)18(2)10-12-32-23(29)7-5-6-8-24(30)36-20-14-22(35-21(27)13-17)28(16-34-28)26(20,27)4/h5-8,13,18-22H,9-12,14-16H2,1-4H3/b7-5+,8-6-/t18-,19-,20?,21+,22+,26+,27+,28-/m0/s1. The Labute approximate surface area is 212 Å². The van der Waals surface area contributed by atoms with Crippen LogP contribution in [0.5, 0.6) is 0 Å². The van der Waals surface area contributed by atoms with Gasteiger partial charge in [0, 0.05) is 24.0 Å². The van der Waals surface area contributed by atoms with Crippen LogP contribution in [-0.2, 0) is 38.1 Å². The molecule has 1 saturated carbocycles. The van der Waals surface area contributed by atoms with Crippen LogP contribution in [0.2, 0.25) is 0 Å². The van der Waals surface area contributed by atoms with Crippen molar-refractivity contribution in [3.63, 3.8) is 0 Å². The summed E-state index contributed by atoms with van der Waals surface area (Å²) in [5.74, 6) is -1.70. The van der Waals surface area contributed by atoms with Gasteiger partial charge in [-0.1, -0.05) is 44.6 Å². The number of hydrogen-bond donors (Lipinski definition) is 0. The van der Waals surface area contributed by atoms with E-state index in [0.717, 1.165) is 12.8 Å². The third-order valence-corrected chi connectivity index (χ3v) is 9.57. The van der Waals surface area contributed by atoms with Gasteiger partial charge in [0.05, 0.1) is 36.8 Å². The highest BCUT2D eigenvalue weighted by atomic mass is 16.6. The van der Waals surface area contributed by atoms with Crippen molar-refractivity contribution in [2.45, 2.75) is 77.3 Å². The lowest BCUT2D eigenvalue weighted by Gasteiger charge is -2.58. The summed E-state index contributed by atoms with van der Waals surface area (Å²) in [5, 5.41) is 0. The summed E-state index contributed by atoms with van der Waals surface area (Å²) in [7, 11) is 0. The van der Waals surface area contributed by atoms with E-state index in [-0.39, 0.29) is 43.2 Å². The van der Waals surface area contributed by atoms with E-state index in [4.69, 9.17) is 23.7 Å². The molecule has 196 valence electrons. The fourth-order valence-corrected chi connectivity index (χ4v) is 6.79. The number of allylic oxidation sites excluding steroid dienone is 3. The molecule has 8 atom stereocenters. The molecule has 1 unspecified atom stereocenters. The van der Waals surface area contributed by atoms with Crippen LogP contribution in [-0.4, -0.2) is 61.6 Å². The van der Waals surface area contributed by atoms with E-state index in [1.807, 2.05) is 13.8 Å². The molecule has 5 rings (SSSR count). The SMILES string of the molecule is CC1=C[C@H]2O[C@@H]3CC4OC(=O)/C=C\C=C\C(=O)OCC[C@H](C)[C@H](C)C(=O)OC[C@@]2(CC1)[C@]4(C)[C@]31CO1. The molecule has 0 radical (unpaired) electrons. The van der Waals surface area contributed by atoms with E-state index in [0.29, 0.717) is 19.4 Å². The summed E-state index contributed by atoms with van der Waals surface area (Å²) in [6.07, 6.45) is 9.37. The van der Waals surface area contributed by atoms with Crippen LogP contribution in [0.4, 0.5) is 0 Å². The van der Waals surface area contributed by atoms with Crippen molar-refractivity contribution in [3.05, 3.63) is 36.0 Å².